The highest BCUT2D eigenvalue weighted by molar-refractivity contribution is 5.52. The predicted octanol–water partition coefficient (Wildman–Crippen LogP) is 1.16. The summed E-state index contributed by atoms with van der Waals surface area (Å²) < 4.78 is 5.08. The zero-order valence-corrected chi connectivity index (χ0v) is 11.4. The van der Waals surface area contributed by atoms with Crippen molar-refractivity contribution in [1.29, 1.82) is 0 Å². The van der Waals surface area contributed by atoms with Gasteiger partial charge in [0.05, 0.1) is 6.61 Å². The molecule has 2 N–H and O–H groups in total. The van der Waals surface area contributed by atoms with Gasteiger partial charge in [-0.2, -0.15) is 0 Å². The van der Waals surface area contributed by atoms with Crippen molar-refractivity contribution in [2.75, 3.05) is 46.1 Å². The average molecular weight is 249 g/mol. The van der Waals surface area contributed by atoms with Crippen LogP contribution in [0.15, 0.2) is 18.2 Å². The lowest BCUT2D eigenvalue weighted by atomic mass is 10.1. The number of hydrogen-bond donors (Lipinski definition) is 1. The SMILES string of the molecule is COCCN(C)CCN1Cc2cccc(N)c2C1. The van der Waals surface area contributed by atoms with Crippen LogP contribution in [0.1, 0.15) is 11.1 Å². The molecular formula is C14H23N3O. The van der Waals surface area contributed by atoms with Crippen LogP contribution in [0.3, 0.4) is 0 Å². The van der Waals surface area contributed by atoms with E-state index in [-0.39, 0.29) is 0 Å². The monoisotopic (exact) mass is 249 g/mol. The molecule has 4 nitrogen and oxygen atoms in total. The average Bonchev–Trinajstić information content (AvgIpc) is 2.78. The number of nitrogens with two attached hydrogens (primary N) is 1. The fraction of sp³-hybridized carbons (Fsp3) is 0.571. The fourth-order valence-electron chi connectivity index (χ4n) is 2.35. The molecule has 0 aliphatic carbocycles. The number of methoxy groups -OCH3 is 1. The van der Waals surface area contributed by atoms with E-state index in [1.165, 1.54) is 11.1 Å². The van der Waals surface area contributed by atoms with Gasteiger partial charge in [-0.1, -0.05) is 12.1 Å². The maximum Gasteiger partial charge on any atom is 0.0589 e. The number of benzene rings is 1. The van der Waals surface area contributed by atoms with Gasteiger partial charge in [-0.15, -0.1) is 0 Å². The highest BCUT2D eigenvalue weighted by atomic mass is 16.5. The molecule has 1 aliphatic heterocycles. The van der Waals surface area contributed by atoms with Crippen LogP contribution in [0, 0.1) is 0 Å². The standard InChI is InChI=1S/C14H23N3O/c1-16(8-9-18-2)6-7-17-10-12-4-3-5-14(15)13(12)11-17/h3-5H,6-11,15H2,1-2H3. The quantitative estimate of drug-likeness (QED) is 0.768. The summed E-state index contributed by atoms with van der Waals surface area (Å²) in [4.78, 5) is 4.75. The maximum absolute atomic E-state index is 6.00. The van der Waals surface area contributed by atoms with Gasteiger partial charge >= 0.3 is 0 Å². The summed E-state index contributed by atoms with van der Waals surface area (Å²) in [7, 11) is 3.88. The van der Waals surface area contributed by atoms with E-state index in [1.807, 2.05) is 12.1 Å². The van der Waals surface area contributed by atoms with Gasteiger partial charge in [0.15, 0.2) is 0 Å². The number of anilines is 1. The number of hydrogen-bond acceptors (Lipinski definition) is 4. The second-order valence-electron chi connectivity index (χ2n) is 4.99. The third-order valence-corrected chi connectivity index (χ3v) is 3.56. The maximum atomic E-state index is 6.00. The first kappa shape index (κ1) is 13.3. The molecule has 2 rings (SSSR count). The van der Waals surface area contributed by atoms with Crippen LogP contribution >= 0.6 is 0 Å². The van der Waals surface area contributed by atoms with E-state index in [1.54, 1.807) is 7.11 Å². The number of rotatable bonds is 6. The minimum absolute atomic E-state index is 0.795. The summed E-state index contributed by atoms with van der Waals surface area (Å²) in [5.41, 5.74) is 9.64. The lowest BCUT2D eigenvalue weighted by Crippen LogP contribution is -2.32. The highest BCUT2D eigenvalue weighted by Crippen LogP contribution is 2.26. The second-order valence-corrected chi connectivity index (χ2v) is 4.99. The molecule has 4 heteroatoms. The zero-order valence-electron chi connectivity index (χ0n) is 11.4. The number of nitrogens with zero attached hydrogens (tertiary/aromatic N) is 2. The number of likely N-dealkylation sites (N-methyl/N-ethyl adjacent to an activating group) is 1. The third kappa shape index (κ3) is 3.22. The Morgan fingerprint density at radius 3 is 2.89 bits per heavy atom. The Balaban J connectivity index is 1.79. The largest absolute Gasteiger partial charge is 0.398 e. The van der Waals surface area contributed by atoms with Crippen molar-refractivity contribution in [2.24, 2.45) is 0 Å². The summed E-state index contributed by atoms with van der Waals surface area (Å²) >= 11 is 0. The molecule has 100 valence electrons. The van der Waals surface area contributed by atoms with E-state index in [0.717, 1.165) is 45.0 Å². The van der Waals surface area contributed by atoms with Gasteiger partial charge in [0.2, 0.25) is 0 Å². The number of ether oxygens (including phenoxy) is 1. The predicted molar refractivity (Wildman–Crippen MR) is 74.3 cm³/mol. The first-order valence-corrected chi connectivity index (χ1v) is 6.47. The molecule has 0 saturated heterocycles. The van der Waals surface area contributed by atoms with E-state index < -0.39 is 0 Å². The molecule has 0 amide bonds. The van der Waals surface area contributed by atoms with Crippen molar-refractivity contribution in [3.8, 4) is 0 Å². The van der Waals surface area contributed by atoms with Gasteiger partial charge in [0.1, 0.15) is 0 Å². The summed E-state index contributed by atoms with van der Waals surface area (Å²) in [6.45, 7) is 5.94. The fourth-order valence-corrected chi connectivity index (χ4v) is 2.35. The Hall–Kier alpha value is -1.10. The number of fused-ring (bicyclic) bond motifs is 1. The Kier molecular flexibility index (Phi) is 4.58. The molecule has 1 aromatic rings. The Morgan fingerprint density at radius 1 is 1.33 bits per heavy atom. The second kappa shape index (κ2) is 6.18. The van der Waals surface area contributed by atoms with Gasteiger partial charge < -0.3 is 15.4 Å². The molecule has 0 atom stereocenters. The number of nitrogen functional groups attached to an aromatic ring is 1. The molecule has 0 spiro atoms. The lowest BCUT2D eigenvalue weighted by molar-refractivity contribution is 0.150. The van der Waals surface area contributed by atoms with Crippen molar-refractivity contribution < 1.29 is 4.74 Å². The molecule has 0 bridgehead atoms. The van der Waals surface area contributed by atoms with E-state index in [2.05, 4.69) is 22.9 Å². The van der Waals surface area contributed by atoms with Crippen molar-refractivity contribution in [3.63, 3.8) is 0 Å². The minimum Gasteiger partial charge on any atom is -0.398 e. The first-order chi connectivity index (χ1) is 8.70. The van der Waals surface area contributed by atoms with E-state index in [9.17, 15) is 0 Å². The molecule has 0 fully saturated rings. The van der Waals surface area contributed by atoms with Crippen molar-refractivity contribution in [3.05, 3.63) is 29.3 Å². The molecule has 1 aromatic carbocycles. The molecule has 0 unspecified atom stereocenters. The minimum atomic E-state index is 0.795. The summed E-state index contributed by atoms with van der Waals surface area (Å²) in [5.74, 6) is 0. The van der Waals surface area contributed by atoms with E-state index >= 15 is 0 Å². The Bertz CT molecular complexity index is 395. The van der Waals surface area contributed by atoms with Crippen LogP contribution in [0.2, 0.25) is 0 Å². The molecule has 0 saturated carbocycles. The normalized spacial score (nSPS) is 15.3. The third-order valence-electron chi connectivity index (χ3n) is 3.56. The van der Waals surface area contributed by atoms with Crippen LogP contribution in [0.4, 0.5) is 5.69 Å². The molecule has 0 radical (unpaired) electrons. The summed E-state index contributed by atoms with van der Waals surface area (Å²) in [6, 6.07) is 6.22. The topological polar surface area (TPSA) is 41.7 Å². The van der Waals surface area contributed by atoms with Crippen molar-refractivity contribution in [1.82, 2.24) is 9.80 Å². The van der Waals surface area contributed by atoms with Gasteiger partial charge in [0.25, 0.3) is 0 Å². The molecule has 1 heterocycles. The molecule has 0 aromatic heterocycles. The smallest absolute Gasteiger partial charge is 0.0589 e. The summed E-state index contributed by atoms with van der Waals surface area (Å²) in [5, 5.41) is 0. The first-order valence-electron chi connectivity index (χ1n) is 6.47. The highest BCUT2D eigenvalue weighted by Gasteiger charge is 2.20. The molecule has 18 heavy (non-hydrogen) atoms. The van der Waals surface area contributed by atoms with Gasteiger partial charge in [-0.05, 0) is 24.2 Å². The van der Waals surface area contributed by atoms with Crippen LogP contribution in [-0.4, -0.2) is 50.2 Å². The van der Waals surface area contributed by atoms with Crippen molar-refractivity contribution >= 4 is 5.69 Å². The van der Waals surface area contributed by atoms with Gasteiger partial charge in [-0.3, -0.25) is 4.90 Å². The molecular weight excluding hydrogens is 226 g/mol. The lowest BCUT2D eigenvalue weighted by Gasteiger charge is -2.21. The van der Waals surface area contributed by atoms with Gasteiger partial charge in [-0.25, -0.2) is 0 Å². The van der Waals surface area contributed by atoms with Crippen LogP contribution in [0.5, 0.6) is 0 Å². The van der Waals surface area contributed by atoms with E-state index in [4.69, 9.17) is 10.5 Å². The molecule has 1 aliphatic rings. The van der Waals surface area contributed by atoms with Crippen molar-refractivity contribution in [2.45, 2.75) is 13.1 Å². The van der Waals surface area contributed by atoms with E-state index in [0.29, 0.717) is 0 Å². The Labute approximate surface area is 109 Å². The van der Waals surface area contributed by atoms with Crippen LogP contribution in [-0.2, 0) is 17.8 Å². The Morgan fingerprint density at radius 2 is 2.17 bits per heavy atom. The zero-order chi connectivity index (χ0) is 13.0. The van der Waals surface area contributed by atoms with Crippen LogP contribution < -0.4 is 5.73 Å². The summed E-state index contributed by atoms with van der Waals surface area (Å²) in [6.07, 6.45) is 0. The van der Waals surface area contributed by atoms with Crippen LogP contribution in [0.25, 0.3) is 0 Å². The van der Waals surface area contributed by atoms with Gasteiger partial charge in [0, 0.05) is 45.5 Å².